The number of nitrogens with zero attached hydrogens (tertiary/aromatic N) is 2. The van der Waals surface area contributed by atoms with Crippen LogP contribution in [-0.2, 0) is 0 Å². The molecule has 1 aromatic carbocycles. The molecule has 0 fully saturated rings. The third-order valence-electron chi connectivity index (χ3n) is 2.75. The summed E-state index contributed by atoms with van der Waals surface area (Å²) in [7, 11) is 0. The van der Waals surface area contributed by atoms with Gasteiger partial charge in [-0.15, -0.1) is 11.3 Å². The highest BCUT2D eigenvalue weighted by Gasteiger charge is 2.12. The number of rotatable bonds is 3. The zero-order chi connectivity index (χ0) is 14.7. The van der Waals surface area contributed by atoms with Crippen LogP contribution in [0.2, 0.25) is 5.02 Å². The number of aromatic nitrogens is 2. The highest BCUT2D eigenvalue weighted by Crippen LogP contribution is 2.23. The molecule has 3 aromatic rings. The van der Waals surface area contributed by atoms with Gasteiger partial charge < -0.3 is 5.32 Å². The molecule has 1 amide bonds. The van der Waals surface area contributed by atoms with Gasteiger partial charge in [0.25, 0.3) is 5.91 Å². The summed E-state index contributed by atoms with van der Waals surface area (Å²) in [5.41, 5.74) is 1.97. The molecule has 2 heterocycles. The second kappa shape index (κ2) is 6.03. The lowest BCUT2D eigenvalue weighted by Gasteiger charge is -2.03. The Morgan fingerprint density at radius 1 is 1.19 bits per heavy atom. The van der Waals surface area contributed by atoms with E-state index in [-0.39, 0.29) is 5.91 Å². The van der Waals surface area contributed by atoms with Crippen LogP contribution in [0.4, 0.5) is 5.69 Å². The Balaban J connectivity index is 1.78. The van der Waals surface area contributed by atoms with Gasteiger partial charge in [0.05, 0.1) is 0 Å². The first-order valence-corrected chi connectivity index (χ1v) is 7.41. The maximum Gasteiger partial charge on any atom is 0.275 e. The minimum Gasteiger partial charge on any atom is -0.321 e. The molecule has 1 N–H and O–H groups in total. The quantitative estimate of drug-likeness (QED) is 0.791. The van der Waals surface area contributed by atoms with E-state index in [1.54, 1.807) is 42.0 Å². The summed E-state index contributed by atoms with van der Waals surface area (Å²) in [5, 5.41) is 5.86. The average Bonchev–Trinajstić information content (AvgIpc) is 2.98. The van der Waals surface area contributed by atoms with Crippen LogP contribution in [-0.4, -0.2) is 15.9 Å². The summed E-state index contributed by atoms with van der Waals surface area (Å²) in [6.07, 6.45) is 3.39. The molecule has 4 nitrogen and oxygen atoms in total. The van der Waals surface area contributed by atoms with Crippen molar-refractivity contribution >= 4 is 34.5 Å². The first-order valence-electron chi connectivity index (χ1n) is 6.15. The summed E-state index contributed by atoms with van der Waals surface area (Å²) in [6, 6.07) is 10.7. The Kier molecular flexibility index (Phi) is 3.94. The van der Waals surface area contributed by atoms with Gasteiger partial charge in [-0.3, -0.25) is 9.78 Å². The highest BCUT2D eigenvalue weighted by molar-refractivity contribution is 7.13. The predicted molar refractivity (Wildman–Crippen MR) is 84.8 cm³/mol. The van der Waals surface area contributed by atoms with Gasteiger partial charge >= 0.3 is 0 Å². The molecule has 0 radical (unpaired) electrons. The first-order chi connectivity index (χ1) is 10.2. The molecule has 0 saturated heterocycles. The lowest BCUT2D eigenvalue weighted by atomic mass is 10.3. The minimum absolute atomic E-state index is 0.256. The Morgan fingerprint density at radius 2 is 2.00 bits per heavy atom. The molecule has 0 unspecified atom stereocenters. The summed E-state index contributed by atoms with van der Waals surface area (Å²) in [5.74, 6) is -0.256. The third kappa shape index (κ3) is 3.26. The lowest BCUT2D eigenvalue weighted by Crippen LogP contribution is -2.12. The molecular formula is C15H10ClN3OS. The van der Waals surface area contributed by atoms with E-state index in [1.165, 1.54) is 11.3 Å². The van der Waals surface area contributed by atoms with Crippen molar-refractivity contribution in [1.82, 2.24) is 9.97 Å². The molecule has 21 heavy (non-hydrogen) atoms. The Labute approximate surface area is 130 Å². The molecule has 0 aliphatic heterocycles. The van der Waals surface area contributed by atoms with Crippen LogP contribution in [0, 0.1) is 0 Å². The number of amides is 1. The van der Waals surface area contributed by atoms with E-state index in [0.29, 0.717) is 16.4 Å². The number of benzene rings is 1. The van der Waals surface area contributed by atoms with Crippen molar-refractivity contribution in [2.24, 2.45) is 0 Å². The SMILES string of the molecule is O=C(Nc1cccc(Cl)c1)c1csc(-c2ccncc2)n1. The van der Waals surface area contributed by atoms with Gasteiger partial charge in [0.1, 0.15) is 10.7 Å². The number of thiazole rings is 1. The van der Waals surface area contributed by atoms with Crippen molar-refractivity contribution in [3.05, 3.63) is 64.9 Å². The summed E-state index contributed by atoms with van der Waals surface area (Å²) >= 11 is 7.31. The van der Waals surface area contributed by atoms with Gasteiger partial charge in [0.2, 0.25) is 0 Å². The number of nitrogens with one attached hydrogen (secondary N) is 1. The van der Waals surface area contributed by atoms with Crippen molar-refractivity contribution in [2.75, 3.05) is 5.32 Å². The summed E-state index contributed by atoms with van der Waals surface area (Å²) in [4.78, 5) is 20.5. The van der Waals surface area contributed by atoms with Gasteiger partial charge in [0, 0.05) is 34.0 Å². The second-order valence-electron chi connectivity index (χ2n) is 4.24. The average molecular weight is 316 g/mol. The smallest absolute Gasteiger partial charge is 0.275 e. The van der Waals surface area contributed by atoms with E-state index in [2.05, 4.69) is 15.3 Å². The van der Waals surface area contributed by atoms with Crippen LogP contribution < -0.4 is 5.32 Å². The van der Waals surface area contributed by atoms with Crippen LogP contribution in [0.25, 0.3) is 10.6 Å². The zero-order valence-corrected chi connectivity index (χ0v) is 12.4. The number of hydrogen-bond donors (Lipinski definition) is 1. The number of carbonyl (C=O) groups is 1. The normalized spacial score (nSPS) is 10.3. The molecule has 0 spiro atoms. The molecule has 0 bridgehead atoms. The molecule has 6 heteroatoms. The monoisotopic (exact) mass is 315 g/mol. The maximum absolute atomic E-state index is 12.1. The minimum atomic E-state index is -0.256. The van der Waals surface area contributed by atoms with Crippen molar-refractivity contribution in [3.8, 4) is 10.6 Å². The maximum atomic E-state index is 12.1. The number of hydrogen-bond acceptors (Lipinski definition) is 4. The highest BCUT2D eigenvalue weighted by atomic mass is 35.5. The topological polar surface area (TPSA) is 54.9 Å². The summed E-state index contributed by atoms with van der Waals surface area (Å²) < 4.78 is 0. The molecule has 0 atom stereocenters. The standard InChI is InChI=1S/C15H10ClN3OS/c16-11-2-1-3-12(8-11)18-14(20)13-9-21-15(19-13)10-4-6-17-7-5-10/h1-9H,(H,18,20). The molecule has 0 saturated carbocycles. The molecule has 2 aromatic heterocycles. The molecule has 3 rings (SSSR count). The van der Waals surface area contributed by atoms with E-state index < -0.39 is 0 Å². The number of pyridine rings is 1. The zero-order valence-electron chi connectivity index (χ0n) is 10.8. The van der Waals surface area contributed by atoms with Crippen LogP contribution in [0.3, 0.4) is 0 Å². The second-order valence-corrected chi connectivity index (χ2v) is 5.53. The van der Waals surface area contributed by atoms with Crippen molar-refractivity contribution < 1.29 is 4.79 Å². The number of carbonyl (C=O) groups excluding carboxylic acids is 1. The first kappa shape index (κ1) is 13.7. The third-order valence-corrected chi connectivity index (χ3v) is 3.87. The van der Waals surface area contributed by atoms with Gasteiger partial charge in [-0.05, 0) is 30.3 Å². The number of halogens is 1. The van der Waals surface area contributed by atoms with Crippen LogP contribution >= 0.6 is 22.9 Å². The summed E-state index contributed by atoms with van der Waals surface area (Å²) in [6.45, 7) is 0. The van der Waals surface area contributed by atoms with Gasteiger partial charge in [0.15, 0.2) is 0 Å². The van der Waals surface area contributed by atoms with Gasteiger partial charge in [-0.1, -0.05) is 17.7 Å². The molecule has 0 aliphatic carbocycles. The van der Waals surface area contributed by atoms with E-state index in [1.807, 2.05) is 12.1 Å². The van der Waals surface area contributed by atoms with Crippen LogP contribution in [0.1, 0.15) is 10.5 Å². The van der Waals surface area contributed by atoms with E-state index in [9.17, 15) is 4.79 Å². The molecule has 0 aliphatic rings. The van der Waals surface area contributed by atoms with Gasteiger partial charge in [-0.2, -0.15) is 0 Å². The number of anilines is 1. The Morgan fingerprint density at radius 3 is 2.76 bits per heavy atom. The Bertz CT molecular complexity index is 773. The van der Waals surface area contributed by atoms with Crippen LogP contribution in [0.5, 0.6) is 0 Å². The van der Waals surface area contributed by atoms with E-state index in [4.69, 9.17) is 11.6 Å². The van der Waals surface area contributed by atoms with Crippen molar-refractivity contribution in [2.45, 2.75) is 0 Å². The lowest BCUT2D eigenvalue weighted by molar-refractivity contribution is 0.102. The molecular weight excluding hydrogens is 306 g/mol. The van der Waals surface area contributed by atoms with E-state index in [0.717, 1.165) is 10.6 Å². The van der Waals surface area contributed by atoms with Gasteiger partial charge in [-0.25, -0.2) is 4.98 Å². The fourth-order valence-corrected chi connectivity index (χ4v) is 2.76. The largest absolute Gasteiger partial charge is 0.321 e. The van der Waals surface area contributed by atoms with Crippen molar-refractivity contribution in [1.29, 1.82) is 0 Å². The van der Waals surface area contributed by atoms with Crippen LogP contribution in [0.15, 0.2) is 54.2 Å². The fourth-order valence-electron chi connectivity index (χ4n) is 1.77. The Hall–Kier alpha value is -2.24. The predicted octanol–water partition coefficient (Wildman–Crippen LogP) is 4.11. The van der Waals surface area contributed by atoms with Crippen molar-refractivity contribution in [3.63, 3.8) is 0 Å². The fraction of sp³-hybridized carbons (Fsp3) is 0. The van der Waals surface area contributed by atoms with E-state index >= 15 is 0 Å². The molecule has 104 valence electrons.